The highest BCUT2D eigenvalue weighted by Gasteiger charge is 2.55. The Morgan fingerprint density at radius 3 is 2.83 bits per heavy atom. The van der Waals surface area contributed by atoms with Crippen LogP contribution in [0.5, 0.6) is 0 Å². The molecule has 0 spiro atoms. The molecule has 94 valence electrons. The molecule has 3 aliphatic rings. The molecule has 1 amide bonds. The summed E-state index contributed by atoms with van der Waals surface area (Å²) in [4.78, 5) is 23.4. The number of hydrogen-bond acceptors (Lipinski definition) is 2. The molecule has 0 aromatic heterocycles. The number of benzene rings is 1. The molecule has 1 fully saturated rings. The normalized spacial score (nSPS) is 32.9. The first-order chi connectivity index (χ1) is 8.43. The third-order valence-electron chi connectivity index (χ3n) is 4.29. The van der Waals surface area contributed by atoms with Gasteiger partial charge in [0.05, 0.1) is 17.4 Å². The molecule has 4 heteroatoms. The van der Waals surface area contributed by atoms with Crippen molar-refractivity contribution in [3.8, 4) is 0 Å². The van der Waals surface area contributed by atoms with E-state index in [-0.39, 0.29) is 11.8 Å². The van der Waals surface area contributed by atoms with Gasteiger partial charge in [0, 0.05) is 0 Å². The average Bonchev–Trinajstić information content (AvgIpc) is 2.31. The lowest BCUT2D eigenvalue weighted by molar-refractivity contribution is -0.155. The molecule has 18 heavy (non-hydrogen) atoms. The van der Waals surface area contributed by atoms with Crippen LogP contribution in [0.1, 0.15) is 42.0 Å². The fraction of sp³-hybridized carbons (Fsp3) is 0.429. The number of carboxylic acids is 1. The van der Waals surface area contributed by atoms with E-state index < -0.39 is 17.4 Å². The molecule has 1 aromatic carbocycles. The zero-order valence-electron chi connectivity index (χ0n) is 10.4. The van der Waals surface area contributed by atoms with Crippen LogP contribution in [0, 0.1) is 12.3 Å². The van der Waals surface area contributed by atoms with Gasteiger partial charge in [-0.2, -0.15) is 0 Å². The number of carboxylic acid groups (broad SMARTS) is 1. The van der Waals surface area contributed by atoms with Crippen LogP contribution in [-0.2, 0) is 9.59 Å². The first-order valence-corrected chi connectivity index (χ1v) is 6.08. The largest absolute Gasteiger partial charge is 0.481 e. The summed E-state index contributed by atoms with van der Waals surface area (Å²) in [5.41, 5.74) is 2.16. The van der Waals surface area contributed by atoms with Crippen molar-refractivity contribution in [2.45, 2.75) is 32.2 Å². The van der Waals surface area contributed by atoms with E-state index in [4.69, 9.17) is 0 Å². The van der Waals surface area contributed by atoms with Crippen LogP contribution >= 0.6 is 0 Å². The number of amides is 1. The molecule has 2 aliphatic heterocycles. The molecule has 2 bridgehead atoms. The summed E-state index contributed by atoms with van der Waals surface area (Å²) in [5.74, 6) is -1.22. The molecule has 4 rings (SSSR count). The van der Waals surface area contributed by atoms with E-state index in [0.717, 1.165) is 16.7 Å². The van der Waals surface area contributed by atoms with E-state index in [0.29, 0.717) is 6.42 Å². The number of rotatable bonds is 1. The van der Waals surface area contributed by atoms with E-state index >= 15 is 0 Å². The average molecular weight is 245 g/mol. The maximum absolute atomic E-state index is 11.9. The van der Waals surface area contributed by atoms with Crippen LogP contribution in [-0.4, -0.2) is 17.0 Å². The van der Waals surface area contributed by atoms with Crippen LogP contribution in [0.4, 0.5) is 0 Å². The second-order valence-electron chi connectivity index (χ2n) is 5.55. The lowest BCUT2D eigenvalue weighted by Crippen LogP contribution is -2.55. The second kappa shape index (κ2) is 3.34. The van der Waals surface area contributed by atoms with Crippen molar-refractivity contribution in [2.24, 2.45) is 5.41 Å². The van der Waals surface area contributed by atoms with Crippen LogP contribution in [0.25, 0.3) is 0 Å². The highest BCUT2D eigenvalue weighted by molar-refractivity contribution is 5.91. The van der Waals surface area contributed by atoms with Gasteiger partial charge in [-0.1, -0.05) is 23.8 Å². The predicted octanol–water partition coefficient (Wildman–Crippen LogP) is 1.74. The Bertz CT molecular complexity index is 566. The minimum absolute atomic E-state index is 0.0446. The zero-order chi connectivity index (χ0) is 13.1. The fourth-order valence-electron chi connectivity index (χ4n) is 3.18. The summed E-state index contributed by atoms with van der Waals surface area (Å²) in [6.45, 7) is 3.70. The lowest BCUT2D eigenvalue weighted by Gasteiger charge is -2.48. The monoisotopic (exact) mass is 245 g/mol. The van der Waals surface area contributed by atoms with Crippen LogP contribution in [0.15, 0.2) is 18.2 Å². The molecule has 1 aromatic rings. The second-order valence-corrected chi connectivity index (χ2v) is 5.55. The molecule has 0 radical (unpaired) electrons. The zero-order valence-corrected chi connectivity index (χ0v) is 10.4. The third kappa shape index (κ3) is 1.26. The minimum atomic E-state index is -0.902. The summed E-state index contributed by atoms with van der Waals surface area (Å²) in [7, 11) is 0. The van der Waals surface area contributed by atoms with Gasteiger partial charge in [-0.3, -0.25) is 9.59 Å². The summed E-state index contributed by atoms with van der Waals surface area (Å²) < 4.78 is 0. The van der Waals surface area contributed by atoms with Gasteiger partial charge < -0.3 is 10.4 Å². The van der Waals surface area contributed by atoms with Crippen LogP contribution in [0.3, 0.4) is 0 Å². The number of nitrogens with one attached hydrogen (secondary N) is 1. The first-order valence-electron chi connectivity index (χ1n) is 6.08. The van der Waals surface area contributed by atoms with E-state index in [1.165, 1.54) is 0 Å². The van der Waals surface area contributed by atoms with Crippen LogP contribution < -0.4 is 5.32 Å². The standard InChI is InChI=1S/C14H15NO3/c1-7-3-4-8-9(5-7)10-6-14(2,13(17)18)11(8)15-12(10)16/h3-5,10-11H,6H2,1-2H3,(H,15,16)(H,17,18). The Morgan fingerprint density at radius 2 is 2.17 bits per heavy atom. The van der Waals surface area contributed by atoms with Crippen LogP contribution in [0.2, 0.25) is 0 Å². The van der Waals surface area contributed by atoms with Gasteiger partial charge in [0.15, 0.2) is 0 Å². The third-order valence-corrected chi connectivity index (χ3v) is 4.29. The molecule has 2 heterocycles. The molecule has 1 aliphatic carbocycles. The molecule has 4 nitrogen and oxygen atoms in total. The molecule has 2 N–H and O–H groups in total. The van der Waals surface area contributed by atoms with E-state index in [2.05, 4.69) is 5.32 Å². The predicted molar refractivity (Wildman–Crippen MR) is 65.2 cm³/mol. The van der Waals surface area contributed by atoms with Crippen molar-refractivity contribution >= 4 is 11.9 Å². The van der Waals surface area contributed by atoms with Gasteiger partial charge in [-0.25, -0.2) is 0 Å². The van der Waals surface area contributed by atoms with Crippen molar-refractivity contribution in [3.05, 3.63) is 34.9 Å². The van der Waals surface area contributed by atoms with Crippen molar-refractivity contribution < 1.29 is 14.7 Å². The van der Waals surface area contributed by atoms with Gasteiger partial charge in [-0.15, -0.1) is 0 Å². The van der Waals surface area contributed by atoms with E-state index in [9.17, 15) is 14.7 Å². The number of aliphatic carboxylic acids is 1. The van der Waals surface area contributed by atoms with Gasteiger partial charge in [0.2, 0.25) is 5.91 Å². The van der Waals surface area contributed by atoms with E-state index in [1.807, 2.05) is 25.1 Å². The SMILES string of the molecule is Cc1ccc2c(c1)C1CC(C)(C(=O)O)C2NC1=O. The molecule has 0 saturated carbocycles. The topological polar surface area (TPSA) is 66.4 Å². The quantitative estimate of drug-likeness (QED) is 0.792. The molecular formula is C14H15NO3. The summed E-state index contributed by atoms with van der Waals surface area (Å²) in [6, 6.07) is 5.51. The number of fused-ring (bicyclic) bond motifs is 2. The summed E-state index contributed by atoms with van der Waals surface area (Å²) in [5, 5.41) is 12.3. The van der Waals surface area contributed by atoms with Gasteiger partial charge in [0.1, 0.15) is 0 Å². The van der Waals surface area contributed by atoms with Crippen molar-refractivity contribution in [3.63, 3.8) is 0 Å². The molecule has 3 atom stereocenters. The number of hydrogen-bond donors (Lipinski definition) is 2. The Balaban J connectivity index is 2.20. The van der Waals surface area contributed by atoms with Gasteiger partial charge in [-0.05, 0) is 31.4 Å². The Morgan fingerprint density at radius 1 is 1.44 bits per heavy atom. The fourth-order valence-corrected chi connectivity index (χ4v) is 3.18. The van der Waals surface area contributed by atoms with E-state index in [1.54, 1.807) is 6.92 Å². The van der Waals surface area contributed by atoms with Gasteiger partial charge in [0.25, 0.3) is 0 Å². The molecule has 1 saturated heterocycles. The number of aryl methyl sites for hydroxylation is 1. The summed E-state index contributed by atoms with van der Waals surface area (Å²) in [6.07, 6.45) is 0.384. The van der Waals surface area contributed by atoms with Crippen molar-refractivity contribution in [2.75, 3.05) is 0 Å². The maximum atomic E-state index is 11.9. The highest BCUT2D eigenvalue weighted by Crippen LogP contribution is 2.53. The Labute approximate surface area is 105 Å². The Kier molecular flexibility index (Phi) is 2.09. The maximum Gasteiger partial charge on any atom is 0.311 e. The number of carbonyl (C=O) groups excluding carboxylic acids is 1. The molecule has 3 unspecified atom stereocenters. The first kappa shape index (κ1) is 11.3. The smallest absolute Gasteiger partial charge is 0.311 e. The van der Waals surface area contributed by atoms with Gasteiger partial charge >= 0.3 is 5.97 Å². The summed E-state index contributed by atoms with van der Waals surface area (Å²) >= 11 is 0. The molecular weight excluding hydrogens is 230 g/mol. The Hall–Kier alpha value is -1.84. The van der Waals surface area contributed by atoms with Crippen molar-refractivity contribution in [1.82, 2.24) is 5.32 Å². The highest BCUT2D eigenvalue weighted by atomic mass is 16.4. The minimum Gasteiger partial charge on any atom is -0.481 e. The lowest BCUT2D eigenvalue weighted by atomic mass is 9.61. The number of carbonyl (C=O) groups is 2. The number of piperidine rings is 1. The van der Waals surface area contributed by atoms with Crippen molar-refractivity contribution in [1.29, 1.82) is 0 Å².